The van der Waals surface area contributed by atoms with Crippen LogP contribution in [0.5, 0.6) is 0 Å². The van der Waals surface area contributed by atoms with Crippen LogP contribution >= 0.6 is 45.2 Å². The van der Waals surface area contributed by atoms with Gasteiger partial charge in [-0.1, -0.05) is 0 Å². The van der Waals surface area contributed by atoms with E-state index in [2.05, 4.69) is 60.1 Å². The summed E-state index contributed by atoms with van der Waals surface area (Å²) in [6, 6.07) is 0. The van der Waals surface area contributed by atoms with Crippen LogP contribution in [0.2, 0.25) is 0 Å². The maximum Gasteiger partial charge on any atom is 0.238 e. The molecule has 0 fully saturated rings. The lowest BCUT2D eigenvalue weighted by Crippen LogP contribution is -2.02. The molecule has 0 unspecified atom stereocenters. The molecule has 0 aromatic carbocycles. The Kier molecular flexibility index (Phi) is 2.43. The van der Waals surface area contributed by atoms with Gasteiger partial charge in [0.1, 0.15) is 9.53 Å². The van der Waals surface area contributed by atoms with Crippen LogP contribution < -0.4 is 0 Å². The Morgan fingerprint density at radius 3 is 2.46 bits per heavy atom. The highest BCUT2D eigenvalue weighted by Gasteiger charge is 2.10. The van der Waals surface area contributed by atoms with E-state index in [1.165, 1.54) is 0 Å². The van der Waals surface area contributed by atoms with Gasteiger partial charge in [0.15, 0.2) is 3.83 Å². The van der Waals surface area contributed by atoms with Gasteiger partial charge in [0.25, 0.3) is 0 Å². The smallest absolute Gasteiger partial charge is 0.238 e. The molecule has 2 rings (SSSR count). The number of nitrogens with zero attached hydrogens (tertiary/aromatic N) is 4. The van der Waals surface area contributed by atoms with Crippen LogP contribution in [0.3, 0.4) is 0 Å². The number of aromatic nitrogens is 4. The highest BCUT2D eigenvalue weighted by atomic mass is 127. The summed E-state index contributed by atoms with van der Waals surface area (Å²) >= 11 is 4.39. The predicted octanol–water partition coefficient (Wildman–Crippen LogP) is 1.95. The molecule has 0 atom stereocenters. The molecule has 0 spiro atoms. The number of rotatable bonds is 0. The van der Waals surface area contributed by atoms with Crippen LogP contribution in [0.1, 0.15) is 11.5 Å². The molecule has 0 aliphatic rings. The number of halogens is 2. The van der Waals surface area contributed by atoms with E-state index in [4.69, 9.17) is 0 Å². The highest BCUT2D eigenvalue weighted by molar-refractivity contribution is 14.1. The largest absolute Gasteiger partial charge is 0.259 e. The fraction of sp³-hybridized carbons (Fsp3) is 0.286. The first kappa shape index (κ1) is 9.56. The molecule has 2 aromatic heterocycles. The van der Waals surface area contributed by atoms with E-state index < -0.39 is 0 Å². The number of imidazole rings is 1. The first-order valence-electron chi connectivity index (χ1n) is 3.64. The third-order valence-electron chi connectivity index (χ3n) is 1.73. The number of hydrogen-bond acceptors (Lipinski definition) is 3. The first-order chi connectivity index (χ1) is 6.09. The zero-order valence-electron chi connectivity index (χ0n) is 7.04. The Morgan fingerprint density at radius 1 is 1.08 bits per heavy atom. The molecule has 6 heteroatoms. The van der Waals surface area contributed by atoms with Crippen LogP contribution in [-0.2, 0) is 0 Å². The van der Waals surface area contributed by atoms with E-state index in [0.29, 0.717) is 0 Å². The molecular weight excluding hydrogens is 394 g/mol. The molecule has 2 aromatic rings. The van der Waals surface area contributed by atoms with Gasteiger partial charge < -0.3 is 0 Å². The molecular formula is C7H6I2N4. The Balaban J connectivity index is 2.94. The van der Waals surface area contributed by atoms with Crippen molar-refractivity contribution in [1.29, 1.82) is 0 Å². The second kappa shape index (κ2) is 3.30. The highest BCUT2D eigenvalue weighted by Crippen LogP contribution is 2.15. The summed E-state index contributed by atoms with van der Waals surface area (Å²) in [7, 11) is 0. The van der Waals surface area contributed by atoms with Gasteiger partial charge in [-0.05, 0) is 36.4 Å². The molecule has 0 radical (unpaired) electrons. The van der Waals surface area contributed by atoms with Crippen molar-refractivity contribution < 1.29 is 0 Å². The van der Waals surface area contributed by atoms with Crippen molar-refractivity contribution in [1.82, 2.24) is 19.4 Å². The molecule has 0 amide bonds. The van der Waals surface area contributed by atoms with Crippen LogP contribution in [0.4, 0.5) is 0 Å². The minimum absolute atomic E-state index is 0.735. The minimum atomic E-state index is 0.735. The Hall–Kier alpha value is 0.01000. The van der Waals surface area contributed by atoms with E-state index in [9.17, 15) is 0 Å². The Bertz CT molecular complexity index is 477. The van der Waals surface area contributed by atoms with Crippen molar-refractivity contribution in [3.8, 4) is 0 Å². The van der Waals surface area contributed by atoms with E-state index in [0.717, 1.165) is 24.8 Å². The van der Waals surface area contributed by atoms with Gasteiger partial charge >= 0.3 is 0 Å². The second-order valence-electron chi connectivity index (χ2n) is 2.66. The van der Waals surface area contributed by atoms with Crippen molar-refractivity contribution >= 4 is 51.0 Å². The lowest BCUT2D eigenvalue weighted by molar-refractivity contribution is 0.899. The van der Waals surface area contributed by atoms with Crippen molar-refractivity contribution in [2.45, 2.75) is 13.8 Å². The van der Waals surface area contributed by atoms with Crippen molar-refractivity contribution in [3.05, 3.63) is 19.1 Å². The molecule has 0 saturated carbocycles. The van der Waals surface area contributed by atoms with Crippen LogP contribution in [-0.4, -0.2) is 19.4 Å². The van der Waals surface area contributed by atoms with E-state index in [-0.39, 0.29) is 0 Å². The van der Waals surface area contributed by atoms with Gasteiger partial charge in [0, 0.05) is 22.6 Å². The number of aryl methyl sites for hydroxylation is 2. The molecule has 13 heavy (non-hydrogen) atoms. The van der Waals surface area contributed by atoms with Gasteiger partial charge in [-0.3, -0.25) is 4.40 Å². The quantitative estimate of drug-likeness (QED) is 0.636. The summed E-state index contributed by atoms with van der Waals surface area (Å²) in [4.78, 5) is 12.8. The van der Waals surface area contributed by atoms with Crippen molar-refractivity contribution in [2.75, 3.05) is 0 Å². The normalized spacial score (nSPS) is 11.1. The monoisotopic (exact) mass is 400 g/mol. The third-order valence-corrected chi connectivity index (χ3v) is 3.48. The lowest BCUT2D eigenvalue weighted by Gasteiger charge is -1.99. The van der Waals surface area contributed by atoms with Gasteiger partial charge in [-0.25, -0.2) is 9.97 Å². The molecule has 0 aliphatic carbocycles. The van der Waals surface area contributed by atoms with Gasteiger partial charge in [-0.15, -0.1) is 0 Å². The van der Waals surface area contributed by atoms with Gasteiger partial charge in [0.2, 0.25) is 5.78 Å². The fourth-order valence-electron chi connectivity index (χ4n) is 1.11. The van der Waals surface area contributed by atoms with Crippen molar-refractivity contribution in [2.24, 2.45) is 0 Å². The first-order valence-corrected chi connectivity index (χ1v) is 5.80. The molecule has 0 N–H and O–H groups in total. The maximum atomic E-state index is 4.33. The molecule has 0 bridgehead atoms. The summed E-state index contributed by atoms with van der Waals surface area (Å²) < 4.78 is 3.85. The Morgan fingerprint density at radius 2 is 1.77 bits per heavy atom. The van der Waals surface area contributed by atoms with Gasteiger partial charge in [-0.2, -0.15) is 4.98 Å². The van der Waals surface area contributed by atoms with E-state index >= 15 is 0 Å². The predicted molar refractivity (Wildman–Crippen MR) is 65.7 cm³/mol. The maximum absolute atomic E-state index is 4.33. The molecule has 0 saturated heterocycles. The molecule has 0 aliphatic heterocycles. The lowest BCUT2D eigenvalue weighted by atomic mass is 10.5. The van der Waals surface area contributed by atoms with E-state index in [1.54, 1.807) is 0 Å². The van der Waals surface area contributed by atoms with Crippen LogP contribution in [0, 0.1) is 21.4 Å². The molecule has 4 nitrogen and oxygen atoms in total. The summed E-state index contributed by atoms with van der Waals surface area (Å²) in [6.45, 7) is 3.89. The zero-order chi connectivity index (χ0) is 9.59. The minimum Gasteiger partial charge on any atom is -0.259 e. The van der Waals surface area contributed by atoms with E-state index in [1.807, 2.05) is 18.2 Å². The van der Waals surface area contributed by atoms with Crippen LogP contribution in [0.25, 0.3) is 5.78 Å². The number of fused-ring (bicyclic) bond motifs is 1. The topological polar surface area (TPSA) is 43.1 Å². The average molecular weight is 400 g/mol. The van der Waals surface area contributed by atoms with Crippen LogP contribution in [0.15, 0.2) is 0 Å². The molecule has 2 heterocycles. The average Bonchev–Trinajstić information content (AvgIpc) is 2.27. The van der Waals surface area contributed by atoms with Gasteiger partial charge in [0.05, 0.1) is 5.69 Å². The summed E-state index contributed by atoms with van der Waals surface area (Å²) in [6.07, 6.45) is 0. The second-order valence-corrected chi connectivity index (χ2v) is 4.65. The summed E-state index contributed by atoms with van der Waals surface area (Å²) in [5.41, 5.74) is 1.10. The fourth-order valence-corrected chi connectivity index (χ4v) is 2.49. The SMILES string of the molecule is Cc1nc(I)n2c(C)c(I)nc2n1. The summed E-state index contributed by atoms with van der Waals surface area (Å²) in [5.74, 6) is 1.50. The third kappa shape index (κ3) is 1.53. The number of hydrogen-bond donors (Lipinski definition) is 0. The molecule has 68 valence electrons. The standard InChI is InChI=1S/C7H6I2N4/c1-3-5(8)12-7-11-4(2)10-6(9)13(3)7/h1-2H3. The summed E-state index contributed by atoms with van der Waals surface area (Å²) in [5, 5.41) is 0. The zero-order valence-corrected chi connectivity index (χ0v) is 11.4. The van der Waals surface area contributed by atoms with Crippen molar-refractivity contribution in [3.63, 3.8) is 0 Å². The Labute approximate surface area is 102 Å².